The van der Waals surface area contributed by atoms with Gasteiger partial charge in [-0.2, -0.15) is 0 Å². The summed E-state index contributed by atoms with van der Waals surface area (Å²) in [5, 5.41) is 4.19. The van der Waals surface area contributed by atoms with Gasteiger partial charge in [-0.3, -0.25) is 4.79 Å². The van der Waals surface area contributed by atoms with Crippen molar-refractivity contribution in [1.82, 2.24) is 5.32 Å². The molecule has 2 aliphatic rings. The smallest absolute Gasteiger partial charge is 0.254 e. The second-order valence-corrected chi connectivity index (χ2v) is 9.53. The van der Waals surface area contributed by atoms with Crippen LogP contribution in [0.2, 0.25) is 0 Å². The van der Waals surface area contributed by atoms with Gasteiger partial charge in [0, 0.05) is 36.9 Å². The molecule has 1 N–H and O–H groups in total. The second kappa shape index (κ2) is 9.12. The number of hydrogen-bond acceptors (Lipinski definition) is 4. The van der Waals surface area contributed by atoms with Crippen LogP contribution in [0.1, 0.15) is 71.3 Å². The molecule has 2 aromatic rings. The van der Waals surface area contributed by atoms with E-state index in [-0.39, 0.29) is 5.91 Å². The topological polar surface area (TPSA) is 44.7 Å². The molecule has 0 spiro atoms. The summed E-state index contributed by atoms with van der Waals surface area (Å²) in [6, 6.07) is 8.67. The number of fused-ring (bicyclic) bond motifs is 1. The Morgan fingerprint density at radius 2 is 1.79 bits per heavy atom. The Kier molecular flexibility index (Phi) is 6.34. The summed E-state index contributed by atoms with van der Waals surface area (Å²) in [6.45, 7) is 0. The van der Waals surface area contributed by atoms with Gasteiger partial charge >= 0.3 is 0 Å². The van der Waals surface area contributed by atoms with E-state index in [0.29, 0.717) is 6.04 Å². The van der Waals surface area contributed by atoms with E-state index < -0.39 is 0 Å². The highest BCUT2D eigenvalue weighted by atomic mass is 32.1. The molecule has 0 atom stereocenters. The number of carbonyl (C=O) groups is 1. The summed E-state index contributed by atoms with van der Waals surface area (Å²) in [6.07, 6.45) is 12.3. The van der Waals surface area contributed by atoms with Crippen LogP contribution in [-0.2, 0) is 12.8 Å². The normalized spacial score (nSPS) is 17.3. The fourth-order valence-corrected chi connectivity index (χ4v) is 5.60. The van der Waals surface area contributed by atoms with Gasteiger partial charge < -0.3 is 10.2 Å². The Morgan fingerprint density at radius 1 is 1.07 bits per heavy atom. The van der Waals surface area contributed by atoms with Crippen molar-refractivity contribution in [3.05, 3.63) is 45.8 Å². The number of nitrogens with zero attached hydrogens (tertiary/aromatic N) is 2. The lowest BCUT2D eigenvalue weighted by Crippen LogP contribution is -2.36. The standard InChI is InChI=1S/C24H31N3OS/c1-27(2)19-14-12-17(13-15-19)16-25-24-22(20-10-6-7-11-21(20)29-24)23(28)26-18-8-4-3-5-9-18/h12-16,18H,3-11H2,1-2H3,(H,26,28)/b25-16-. The van der Waals surface area contributed by atoms with Crippen LogP contribution in [0.5, 0.6) is 0 Å². The molecular formula is C24H31N3OS. The molecule has 1 aromatic heterocycles. The molecule has 1 saturated carbocycles. The van der Waals surface area contributed by atoms with E-state index in [4.69, 9.17) is 4.99 Å². The maximum Gasteiger partial charge on any atom is 0.254 e. The van der Waals surface area contributed by atoms with Crippen molar-refractivity contribution in [2.45, 2.75) is 63.8 Å². The number of rotatable bonds is 5. The third kappa shape index (κ3) is 4.72. The maximum absolute atomic E-state index is 13.2. The van der Waals surface area contributed by atoms with E-state index in [1.54, 1.807) is 11.3 Å². The predicted octanol–water partition coefficient (Wildman–Crippen LogP) is 5.51. The maximum atomic E-state index is 13.2. The first-order chi connectivity index (χ1) is 14.1. The fraction of sp³-hybridized carbons (Fsp3) is 0.500. The molecular weight excluding hydrogens is 378 g/mol. The van der Waals surface area contributed by atoms with Gasteiger partial charge in [0.1, 0.15) is 5.00 Å². The molecule has 0 unspecified atom stereocenters. The van der Waals surface area contributed by atoms with E-state index in [2.05, 4.69) is 34.5 Å². The van der Waals surface area contributed by atoms with Crippen molar-refractivity contribution in [3.8, 4) is 0 Å². The van der Waals surface area contributed by atoms with Crippen LogP contribution in [0.15, 0.2) is 29.3 Å². The van der Waals surface area contributed by atoms with Gasteiger partial charge in [0.05, 0.1) is 5.56 Å². The van der Waals surface area contributed by atoms with Crippen LogP contribution in [0, 0.1) is 0 Å². The zero-order chi connectivity index (χ0) is 20.2. The Bertz CT molecular complexity index is 876. The molecule has 29 heavy (non-hydrogen) atoms. The molecule has 4 rings (SSSR count). The minimum atomic E-state index is 0.0893. The van der Waals surface area contributed by atoms with Crippen molar-refractivity contribution in [1.29, 1.82) is 0 Å². The van der Waals surface area contributed by atoms with Crippen LogP contribution >= 0.6 is 11.3 Å². The van der Waals surface area contributed by atoms with E-state index in [1.165, 1.54) is 48.2 Å². The largest absolute Gasteiger partial charge is 0.378 e. The molecule has 4 nitrogen and oxygen atoms in total. The summed E-state index contributed by atoms with van der Waals surface area (Å²) in [5.74, 6) is 0.0893. The predicted molar refractivity (Wildman–Crippen MR) is 123 cm³/mol. The van der Waals surface area contributed by atoms with Gasteiger partial charge in [0.25, 0.3) is 5.91 Å². The SMILES string of the molecule is CN(C)c1ccc(/C=N\c2sc3c(c2C(=O)NC2CCCCC2)CCCC3)cc1. The lowest BCUT2D eigenvalue weighted by atomic mass is 9.93. The molecule has 1 amide bonds. The first kappa shape index (κ1) is 20.1. The Balaban J connectivity index is 1.58. The van der Waals surface area contributed by atoms with E-state index >= 15 is 0 Å². The number of carbonyl (C=O) groups excluding carboxylic acids is 1. The zero-order valence-electron chi connectivity index (χ0n) is 17.5. The molecule has 0 bridgehead atoms. The van der Waals surface area contributed by atoms with Gasteiger partial charge in [0.15, 0.2) is 0 Å². The van der Waals surface area contributed by atoms with Gasteiger partial charge in [-0.1, -0.05) is 31.4 Å². The van der Waals surface area contributed by atoms with Crippen molar-refractivity contribution >= 4 is 34.1 Å². The number of hydrogen-bond donors (Lipinski definition) is 1. The highest BCUT2D eigenvalue weighted by Crippen LogP contribution is 2.40. The van der Waals surface area contributed by atoms with E-state index in [1.807, 2.05) is 20.3 Å². The molecule has 2 aliphatic carbocycles. The molecule has 0 saturated heterocycles. The van der Waals surface area contributed by atoms with Crippen LogP contribution in [0.25, 0.3) is 0 Å². The number of amides is 1. The molecule has 1 fully saturated rings. The third-order valence-electron chi connectivity index (χ3n) is 6.06. The summed E-state index contributed by atoms with van der Waals surface area (Å²) in [4.78, 5) is 21.4. The summed E-state index contributed by atoms with van der Waals surface area (Å²) >= 11 is 1.71. The van der Waals surface area contributed by atoms with Gasteiger partial charge in [-0.05, 0) is 61.8 Å². The molecule has 0 aliphatic heterocycles. The fourth-order valence-electron chi connectivity index (χ4n) is 4.37. The number of aliphatic imine (C=N–C) groups is 1. The Labute approximate surface area is 178 Å². The van der Waals surface area contributed by atoms with Crippen LogP contribution in [-0.4, -0.2) is 32.3 Å². The summed E-state index contributed by atoms with van der Waals surface area (Å²) < 4.78 is 0. The highest BCUT2D eigenvalue weighted by molar-refractivity contribution is 7.16. The van der Waals surface area contributed by atoms with Crippen LogP contribution < -0.4 is 10.2 Å². The lowest BCUT2D eigenvalue weighted by molar-refractivity contribution is 0.0927. The van der Waals surface area contributed by atoms with E-state index in [9.17, 15) is 4.79 Å². The number of nitrogens with one attached hydrogen (secondary N) is 1. The van der Waals surface area contributed by atoms with Crippen LogP contribution in [0.3, 0.4) is 0 Å². The Morgan fingerprint density at radius 3 is 2.52 bits per heavy atom. The summed E-state index contributed by atoms with van der Waals surface area (Å²) in [5.41, 5.74) is 4.32. The monoisotopic (exact) mass is 409 g/mol. The number of aryl methyl sites for hydroxylation is 1. The third-order valence-corrected chi connectivity index (χ3v) is 7.26. The number of anilines is 1. The average Bonchev–Trinajstić information content (AvgIpc) is 3.12. The van der Waals surface area contributed by atoms with Crippen LogP contribution in [0.4, 0.5) is 10.7 Å². The molecule has 154 valence electrons. The number of benzene rings is 1. The average molecular weight is 410 g/mol. The minimum absolute atomic E-state index is 0.0893. The first-order valence-electron chi connectivity index (χ1n) is 10.9. The molecule has 5 heteroatoms. The quantitative estimate of drug-likeness (QED) is 0.662. The minimum Gasteiger partial charge on any atom is -0.378 e. The zero-order valence-corrected chi connectivity index (χ0v) is 18.4. The lowest BCUT2D eigenvalue weighted by Gasteiger charge is -2.23. The van der Waals surface area contributed by atoms with Gasteiger partial charge in [0.2, 0.25) is 0 Å². The molecule has 0 radical (unpaired) electrons. The van der Waals surface area contributed by atoms with Crippen molar-refractivity contribution in [2.75, 3.05) is 19.0 Å². The first-order valence-corrected chi connectivity index (χ1v) is 11.7. The van der Waals surface area contributed by atoms with Crippen molar-refractivity contribution < 1.29 is 4.79 Å². The highest BCUT2D eigenvalue weighted by Gasteiger charge is 2.27. The van der Waals surface area contributed by atoms with Gasteiger partial charge in [-0.25, -0.2) is 4.99 Å². The van der Waals surface area contributed by atoms with Gasteiger partial charge in [-0.15, -0.1) is 11.3 Å². The van der Waals surface area contributed by atoms with E-state index in [0.717, 1.165) is 41.8 Å². The molecule has 1 aromatic carbocycles. The Hall–Kier alpha value is -2.14. The molecule has 1 heterocycles. The number of thiophene rings is 1. The van der Waals surface area contributed by atoms with Crippen molar-refractivity contribution in [2.24, 2.45) is 4.99 Å². The van der Waals surface area contributed by atoms with Crippen molar-refractivity contribution in [3.63, 3.8) is 0 Å². The second-order valence-electron chi connectivity index (χ2n) is 8.44. The summed E-state index contributed by atoms with van der Waals surface area (Å²) in [7, 11) is 4.08.